The molecule has 0 aliphatic rings. The molecule has 0 aromatic carbocycles. The second-order valence-electron chi connectivity index (χ2n) is 3.62. The number of hydrogen-bond acceptors (Lipinski definition) is 5. The van der Waals surface area contributed by atoms with Crippen LogP contribution >= 0.6 is 23.1 Å². The molecule has 84 valence electrons. The Morgan fingerprint density at radius 1 is 1.50 bits per heavy atom. The minimum atomic E-state index is 0.575. The van der Waals surface area contributed by atoms with E-state index in [2.05, 4.69) is 29.9 Å². The maximum absolute atomic E-state index is 5.86. The van der Waals surface area contributed by atoms with E-state index >= 15 is 0 Å². The van der Waals surface area contributed by atoms with Gasteiger partial charge in [0.15, 0.2) is 5.16 Å². The van der Waals surface area contributed by atoms with Crippen molar-refractivity contribution in [2.24, 2.45) is 0 Å². The van der Waals surface area contributed by atoms with E-state index in [0.717, 1.165) is 21.1 Å². The van der Waals surface area contributed by atoms with E-state index in [1.165, 1.54) is 5.57 Å². The van der Waals surface area contributed by atoms with Crippen LogP contribution in [0.5, 0.6) is 0 Å². The maximum Gasteiger partial charge on any atom is 0.191 e. The fourth-order valence-corrected chi connectivity index (χ4v) is 2.92. The summed E-state index contributed by atoms with van der Waals surface area (Å²) in [4.78, 5) is 9.70. The van der Waals surface area contributed by atoms with Crippen molar-refractivity contribution in [3.63, 3.8) is 0 Å². The van der Waals surface area contributed by atoms with Crippen molar-refractivity contribution in [3.8, 4) is 0 Å². The molecule has 0 saturated heterocycles. The summed E-state index contributed by atoms with van der Waals surface area (Å²) in [5.74, 6) is 1.46. The van der Waals surface area contributed by atoms with E-state index in [4.69, 9.17) is 5.73 Å². The third-order valence-corrected chi connectivity index (χ3v) is 3.62. The van der Waals surface area contributed by atoms with Crippen LogP contribution in [0.3, 0.4) is 0 Å². The smallest absolute Gasteiger partial charge is 0.191 e. The molecule has 2 heterocycles. The Balaban J connectivity index is 2.21. The zero-order chi connectivity index (χ0) is 11.5. The van der Waals surface area contributed by atoms with Gasteiger partial charge in [-0.15, -0.1) is 11.3 Å². The van der Waals surface area contributed by atoms with Crippen molar-refractivity contribution < 1.29 is 0 Å². The monoisotopic (exact) mass is 251 g/mol. The molecule has 0 unspecified atom stereocenters. The SMILES string of the molecule is CC(C)=CCSc1nc(N)c2ccsc2n1. The van der Waals surface area contributed by atoms with Gasteiger partial charge in [0.1, 0.15) is 10.6 Å². The molecule has 2 aromatic rings. The Bertz CT molecular complexity index is 527. The number of nitrogens with zero attached hydrogens (tertiary/aromatic N) is 2. The molecule has 0 bridgehead atoms. The van der Waals surface area contributed by atoms with Gasteiger partial charge in [-0.05, 0) is 25.3 Å². The number of aromatic nitrogens is 2. The number of nitrogen functional groups attached to an aromatic ring is 1. The number of anilines is 1. The highest BCUT2D eigenvalue weighted by atomic mass is 32.2. The van der Waals surface area contributed by atoms with E-state index in [1.54, 1.807) is 23.1 Å². The minimum absolute atomic E-state index is 0.575. The highest BCUT2D eigenvalue weighted by Gasteiger charge is 2.05. The third-order valence-electron chi connectivity index (χ3n) is 2.04. The van der Waals surface area contributed by atoms with Crippen molar-refractivity contribution >= 4 is 39.1 Å². The van der Waals surface area contributed by atoms with Crippen molar-refractivity contribution in [1.82, 2.24) is 9.97 Å². The first-order valence-corrected chi connectivity index (χ1v) is 6.80. The topological polar surface area (TPSA) is 51.8 Å². The van der Waals surface area contributed by atoms with Crippen LogP contribution in [-0.2, 0) is 0 Å². The summed E-state index contributed by atoms with van der Waals surface area (Å²) in [6.07, 6.45) is 2.16. The van der Waals surface area contributed by atoms with Crippen molar-refractivity contribution in [2.45, 2.75) is 19.0 Å². The number of nitrogens with two attached hydrogens (primary N) is 1. The quantitative estimate of drug-likeness (QED) is 0.516. The number of fused-ring (bicyclic) bond motifs is 1. The molecule has 5 heteroatoms. The van der Waals surface area contributed by atoms with Crippen LogP contribution in [0.4, 0.5) is 5.82 Å². The van der Waals surface area contributed by atoms with Crippen molar-refractivity contribution in [3.05, 3.63) is 23.1 Å². The fourth-order valence-electron chi connectivity index (χ4n) is 1.21. The lowest BCUT2D eigenvalue weighted by atomic mass is 10.3. The first-order chi connectivity index (χ1) is 7.66. The molecule has 0 amide bonds. The Morgan fingerprint density at radius 3 is 3.06 bits per heavy atom. The molecule has 0 atom stereocenters. The van der Waals surface area contributed by atoms with Gasteiger partial charge >= 0.3 is 0 Å². The van der Waals surface area contributed by atoms with Crippen LogP contribution in [0.15, 0.2) is 28.3 Å². The lowest BCUT2D eigenvalue weighted by molar-refractivity contribution is 1.02. The van der Waals surface area contributed by atoms with Crippen LogP contribution in [0.25, 0.3) is 10.2 Å². The van der Waals surface area contributed by atoms with Gasteiger partial charge < -0.3 is 5.73 Å². The lowest BCUT2D eigenvalue weighted by Crippen LogP contribution is -1.95. The molecule has 2 N–H and O–H groups in total. The number of allylic oxidation sites excluding steroid dienone is 1. The summed E-state index contributed by atoms with van der Waals surface area (Å²) in [6, 6.07) is 1.96. The van der Waals surface area contributed by atoms with Gasteiger partial charge in [-0.1, -0.05) is 23.4 Å². The van der Waals surface area contributed by atoms with E-state index in [-0.39, 0.29) is 0 Å². The molecule has 0 spiro atoms. The summed E-state index contributed by atoms with van der Waals surface area (Å²) >= 11 is 3.20. The molecule has 0 aliphatic heterocycles. The summed E-state index contributed by atoms with van der Waals surface area (Å²) in [5, 5.41) is 3.70. The number of rotatable bonds is 3. The predicted octanol–water partition coefficient (Wildman–Crippen LogP) is 3.33. The van der Waals surface area contributed by atoms with Gasteiger partial charge in [0, 0.05) is 5.75 Å². The molecule has 2 aromatic heterocycles. The van der Waals surface area contributed by atoms with E-state index in [9.17, 15) is 0 Å². The highest BCUT2D eigenvalue weighted by Crippen LogP contribution is 2.26. The Hall–Kier alpha value is -1.07. The normalized spacial score (nSPS) is 10.6. The Kier molecular flexibility index (Phi) is 3.46. The maximum atomic E-state index is 5.86. The molecular weight excluding hydrogens is 238 g/mol. The van der Waals surface area contributed by atoms with Crippen LogP contribution in [-0.4, -0.2) is 15.7 Å². The third kappa shape index (κ3) is 2.54. The summed E-state index contributed by atoms with van der Waals surface area (Å²) in [5.41, 5.74) is 7.16. The van der Waals surface area contributed by atoms with E-state index < -0.39 is 0 Å². The zero-order valence-electron chi connectivity index (χ0n) is 9.23. The summed E-state index contributed by atoms with van der Waals surface area (Å²) < 4.78 is 0. The first-order valence-electron chi connectivity index (χ1n) is 4.93. The van der Waals surface area contributed by atoms with E-state index in [0.29, 0.717) is 5.82 Å². The average molecular weight is 251 g/mol. The molecule has 16 heavy (non-hydrogen) atoms. The molecule has 0 aliphatic carbocycles. The average Bonchev–Trinajstić information content (AvgIpc) is 2.65. The standard InChI is InChI=1S/C11H13N3S2/c1-7(2)3-5-16-11-13-9(12)8-4-6-15-10(8)14-11/h3-4,6H,5H2,1-2H3,(H2,12,13,14). The van der Waals surface area contributed by atoms with E-state index in [1.807, 2.05) is 11.4 Å². The van der Waals surface area contributed by atoms with Crippen LogP contribution in [0, 0.1) is 0 Å². The molecule has 2 rings (SSSR count). The van der Waals surface area contributed by atoms with Gasteiger partial charge in [0.2, 0.25) is 0 Å². The molecule has 0 fully saturated rings. The molecule has 0 saturated carbocycles. The largest absolute Gasteiger partial charge is 0.383 e. The van der Waals surface area contributed by atoms with Crippen LogP contribution in [0.2, 0.25) is 0 Å². The van der Waals surface area contributed by atoms with Crippen molar-refractivity contribution in [2.75, 3.05) is 11.5 Å². The Labute approximate surface area is 103 Å². The first kappa shape index (κ1) is 11.4. The summed E-state index contributed by atoms with van der Waals surface area (Å²) in [7, 11) is 0. The lowest BCUT2D eigenvalue weighted by Gasteiger charge is -2.00. The van der Waals surface area contributed by atoms with Gasteiger partial charge in [-0.25, -0.2) is 9.97 Å². The predicted molar refractivity (Wildman–Crippen MR) is 72.0 cm³/mol. The summed E-state index contributed by atoms with van der Waals surface area (Å²) in [6.45, 7) is 4.16. The number of thiophene rings is 1. The van der Waals surface area contributed by atoms with Gasteiger partial charge in [0.25, 0.3) is 0 Å². The van der Waals surface area contributed by atoms with Crippen molar-refractivity contribution in [1.29, 1.82) is 0 Å². The van der Waals surface area contributed by atoms with Crippen LogP contribution in [0.1, 0.15) is 13.8 Å². The van der Waals surface area contributed by atoms with Gasteiger partial charge in [0.05, 0.1) is 5.39 Å². The zero-order valence-corrected chi connectivity index (χ0v) is 10.9. The molecule has 0 radical (unpaired) electrons. The fraction of sp³-hybridized carbons (Fsp3) is 0.273. The Morgan fingerprint density at radius 2 is 2.31 bits per heavy atom. The van der Waals surface area contributed by atoms with Gasteiger partial charge in [-0.3, -0.25) is 0 Å². The second kappa shape index (κ2) is 4.84. The highest BCUT2D eigenvalue weighted by molar-refractivity contribution is 7.99. The van der Waals surface area contributed by atoms with Gasteiger partial charge in [-0.2, -0.15) is 0 Å². The minimum Gasteiger partial charge on any atom is -0.383 e. The number of hydrogen-bond donors (Lipinski definition) is 1. The molecule has 3 nitrogen and oxygen atoms in total. The molecular formula is C11H13N3S2. The number of thioether (sulfide) groups is 1. The second-order valence-corrected chi connectivity index (χ2v) is 5.51. The van der Waals surface area contributed by atoms with Crippen LogP contribution < -0.4 is 5.73 Å².